The number of aromatic amines is 2. The normalized spacial score (nSPS) is 11.5. The lowest BCUT2D eigenvalue weighted by molar-refractivity contribution is 0.0690. The molecule has 2 aromatic heterocycles. The van der Waals surface area contributed by atoms with Gasteiger partial charge in [0.15, 0.2) is 0 Å². The molecule has 4 N–H and O–H groups in total. The molecule has 0 unspecified atom stereocenters. The zero-order chi connectivity index (χ0) is 14.2. The molecule has 0 bridgehead atoms. The Balaban J connectivity index is 2.49. The number of aromatic nitrogens is 4. The Hall–Kier alpha value is -2.36. The van der Waals surface area contributed by atoms with Crippen molar-refractivity contribution >= 4 is 21.9 Å². The number of hydrogen-bond donors (Lipinski definition) is 4. The summed E-state index contributed by atoms with van der Waals surface area (Å²) < 4.78 is 26.5. The largest absolute Gasteiger partial charge is 0.477 e. The molecule has 2 heterocycles. The molecule has 2 aromatic rings. The topological polar surface area (TPSA) is 141 Å². The smallest absolute Gasteiger partial charge is 0.352 e. The molecule has 0 aliphatic rings. The van der Waals surface area contributed by atoms with Crippen LogP contribution >= 0.6 is 0 Å². The first kappa shape index (κ1) is 13.1. The number of carboxylic acids is 1. The number of anilines is 1. The van der Waals surface area contributed by atoms with Crippen LogP contribution in [0.2, 0.25) is 0 Å². The Bertz CT molecular complexity index is 716. The third-order valence-corrected chi connectivity index (χ3v) is 4.11. The third-order valence-electron chi connectivity index (χ3n) is 2.50. The maximum Gasteiger partial charge on any atom is 0.352 e. The van der Waals surface area contributed by atoms with Crippen molar-refractivity contribution in [2.45, 2.75) is 18.7 Å². The van der Waals surface area contributed by atoms with E-state index in [4.69, 9.17) is 5.11 Å². The first-order valence-corrected chi connectivity index (χ1v) is 6.62. The average Bonchev–Trinajstić information content (AvgIpc) is 2.86. The van der Waals surface area contributed by atoms with Gasteiger partial charge in [0.2, 0.25) is 5.95 Å². The number of nitrogens with zero attached hydrogens (tertiary/aromatic N) is 2. The summed E-state index contributed by atoms with van der Waals surface area (Å²) >= 11 is 0. The Morgan fingerprint density at radius 1 is 1.42 bits per heavy atom. The van der Waals surface area contributed by atoms with Crippen LogP contribution in [0.4, 0.5) is 5.95 Å². The molecule has 0 aromatic carbocycles. The number of hydrogen-bond acceptors (Lipinski definition) is 5. The van der Waals surface area contributed by atoms with Crippen molar-refractivity contribution < 1.29 is 18.3 Å². The molecule has 0 atom stereocenters. The molecule has 10 heteroatoms. The van der Waals surface area contributed by atoms with Crippen LogP contribution in [0.1, 0.15) is 21.7 Å². The zero-order valence-corrected chi connectivity index (χ0v) is 10.9. The van der Waals surface area contributed by atoms with Gasteiger partial charge in [-0.15, -0.1) is 0 Å². The Kier molecular flexibility index (Phi) is 3.02. The minimum absolute atomic E-state index is 0.0446. The molecule has 9 nitrogen and oxygen atoms in total. The summed E-state index contributed by atoms with van der Waals surface area (Å²) in [5, 5.41) is 14.8. The van der Waals surface area contributed by atoms with E-state index in [0.717, 1.165) is 6.33 Å². The molecule has 0 aliphatic carbocycles. The Morgan fingerprint density at radius 3 is 2.58 bits per heavy atom. The summed E-state index contributed by atoms with van der Waals surface area (Å²) in [6.45, 7) is 2.90. The SMILES string of the molecule is Cc1[nH]c(C(=O)O)c(C)c1S(=O)(=O)Nc1ncn[nH]1. The summed E-state index contributed by atoms with van der Waals surface area (Å²) in [5.74, 6) is -1.27. The van der Waals surface area contributed by atoms with Crippen molar-refractivity contribution in [2.24, 2.45) is 0 Å². The van der Waals surface area contributed by atoms with E-state index in [-0.39, 0.29) is 27.8 Å². The lowest BCUT2D eigenvalue weighted by atomic mass is 10.2. The lowest BCUT2D eigenvalue weighted by Crippen LogP contribution is -2.15. The number of aryl methyl sites for hydroxylation is 1. The fourth-order valence-electron chi connectivity index (χ4n) is 1.78. The van der Waals surface area contributed by atoms with Gasteiger partial charge in [0.1, 0.15) is 16.9 Å². The molecule has 0 amide bonds. The van der Waals surface area contributed by atoms with Crippen LogP contribution in [0.3, 0.4) is 0 Å². The summed E-state index contributed by atoms with van der Waals surface area (Å²) in [6, 6.07) is 0. The summed E-state index contributed by atoms with van der Waals surface area (Å²) in [6.07, 6.45) is 1.15. The van der Waals surface area contributed by atoms with Crippen molar-refractivity contribution in [3.05, 3.63) is 23.3 Å². The number of nitrogens with one attached hydrogen (secondary N) is 3. The highest BCUT2D eigenvalue weighted by Gasteiger charge is 2.27. The second kappa shape index (κ2) is 4.39. The first-order chi connectivity index (χ1) is 8.83. The number of carbonyl (C=O) groups is 1. The molecule has 0 fully saturated rings. The molecule has 0 saturated heterocycles. The van der Waals surface area contributed by atoms with Crippen molar-refractivity contribution in [1.82, 2.24) is 20.2 Å². The van der Waals surface area contributed by atoms with Gasteiger partial charge in [-0.3, -0.25) is 0 Å². The second-order valence-electron chi connectivity index (χ2n) is 3.82. The molecular weight excluding hydrogens is 274 g/mol. The molecule has 0 spiro atoms. The van der Waals surface area contributed by atoms with Crippen molar-refractivity contribution in [3.63, 3.8) is 0 Å². The molecular formula is C9H11N5O4S. The predicted molar refractivity (Wildman–Crippen MR) is 64.4 cm³/mol. The zero-order valence-electron chi connectivity index (χ0n) is 10.1. The fraction of sp³-hybridized carbons (Fsp3) is 0.222. The lowest BCUT2D eigenvalue weighted by Gasteiger charge is -2.05. The van der Waals surface area contributed by atoms with E-state index in [1.165, 1.54) is 13.8 Å². The molecule has 0 aliphatic heterocycles. The number of carboxylic acid groups (broad SMARTS) is 1. The third kappa shape index (κ3) is 2.29. The highest BCUT2D eigenvalue weighted by molar-refractivity contribution is 7.92. The summed E-state index contributed by atoms with van der Waals surface area (Å²) in [5.41, 5.74) is 0.217. The minimum atomic E-state index is -3.94. The van der Waals surface area contributed by atoms with Crippen LogP contribution in [0.25, 0.3) is 0 Å². The highest BCUT2D eigenvalue weighted by Crippen LogP contribution is 2.24. The van der Waals surface area contributed by atoms with Crippen LogP contribution in [0, 0.1) is 13.8 Å². The van der Waals surface area contributed by atoms with Gasteiger partial charge in [0.25, 0.3) is 10.0 Å². The van der Waals surface area contributed by atoms with E-state index in [9.17, 15) is 13.2 Å². The maximum absolute atomic E-state index is 12.2. The van der Waals surface area contributed by atoms with Crippen LogP contribution in [-0.2, 0) is 10.0 Å². The second-order valence-corrected chi connectivity index (χ2v) is 5.44. The first-order valence-electron chi connectivity index (χ1n) is 5.13. The van der Waals surface area contributed by atoms with Gasteiger partial charge in [-0.1, -0.05) is 0 Å². The van der Waals surface area contributed by atoms with E-state index in [0.29, 0.717) is 0 Å². The number of H-pyrrole nitrogens is 2. The standard InChI is InChI=1S/C9H11N5O4S/c1-4-6(8(15)16)12-5(2)7(4)19(17,18)14-9-10-3-11-13-9/h3,12H,1-2H3,(H,15,16)(H2,10,11,13,14). The summed E-state index contributed by atoms with van der Waals surface area (Å²) in [4.78, 5) is 17.0. The van der Waals surface area contributed by atoms with Crippen molar-refractivity contribution in [1.29, 1.82) is 0 Å². The fourth-order valence-corrected chi connectivity index (χ4v) is 3.20. The van der Waals surface area contributed by atoms with Crippen LogP contribution in [-0.4, -0.2) is 39.7 Å². The van der Waals surface area contributed by atoms with Gasteiger partial charge < -0.3 is 10.1 Å². The van der Waals surface area contributed by atoms with E-state index in [1.807, 2.05) is 0 Å². The Morgan fingerprint density at radius 2 is 2.11 bits per heavy atom. The molecule has 19 heavy (non-hydrogen) atoms. The highest BCUT2D eigenvalue weighted by atomic mass is 32.2. The number of sulfonamides is 1. The monoisotopic (exact) mass is 285 g/mol. The van der Waals surface area contributed by atoms with Crippen molar-refractivity contribution in [3.8, 4) is 0 Å². The van der Waals surface area contributed by atoms with Crippen LogP contribution in [0.5, 0.6) is 0 Å². The van der Waals surface area contributed by atoms with E-state index in [2.05, 4.69) is 24.9 Å². The minimum Gasteiger partial charge on any atom is -0.477 e. The molecule has 0 radical (unpaired) electrons. The molecule has 2 rings (SSSR count). The van der Waals surface area contributed by atoms with Gasteiger partial charge in [0, 0.05) is 11.3 Å². The average molecular weight is 285 g/mol. The van der Waals surface area contributed by atoms with Crippen LogP contribution in [0.15, 0.2) is 11.2 Å². The summed E-state index contributed by atoms with van der Waals surface area (Å²) in [7, 11) is -3.94. The van der Waals surface area contributed by atoms with Crippen molar-refractivity contribution in [2.75, 3.05) is 4.72 Å². The van der Waals surface area contributed by atoms with E-state index < -0.39 is 16.0 Å². The van der Waals surface area contributed by atoms with Gasteiger partial charge in [0.05, 0.1) is 0 Å². The van der Waals surface area contributed by atoms with Gasteiger partial charge >= 0.3 is 5.97 Å². The quantitative estimate of drug-likeness (QED) is 0.634. The molecule has 102 valence electrons. The van der Waals surface area contributed by atoms with Gasteiger partial charge in [-0.05, 0) is 13.8 Å². The van der Waals surface area contributed by atoms with Crippen LogP contribution < -0.4 is 4.72 Å². The maximum atomic E-state index is 12.2. The van der Waals surface area contributed by atoms with E-state index >= 15 is 0 Å². The Labute approximate surface area is 108 Å². The number of aromatic carboxylic acids is 1. The van der Waals surface area contributed by atoms with E-state index in [1.54, 1.807) is 0 Å². The predicted octanol–water partition coefficient (Wildman–Crippen LogP) is 0.249. The number of rotatable bonds is 4. The van der Waals surface area contributed by atoms with Gasteiger partial charge in [-0.25, -0.2) is 23.0 Å². The molecule has 0 saturated carbocycles. The van der Waals surface area contributed by atoms with Gasteiger partial charge in [-0.2, -0.15) is 10.1 Å².